The van der Waals surface area contributed by atoms with E-state index in [1.54, 1.807) is 0 Å². The van der Waals surface area contributed by atoms with E-state index in [0.29, 0.717) is 18.1 Å². The lowest BCUT2D eigenvalue weighted by Crippen LogP contribution is -2.49. The van der Waals surface area contributed by atoms with E-state index in [1.165, 1.54) is 31.2 Å². The molecule has 2 aromatic rings. The Morgan fingerprint density at radius 1 is 1.20 bits per heavy atom. The summed E-state index contributed by atoms with van der Waals surface area (Å²) in [4.78, 5) is 11.1. The zero-order valence-electron chi connectivity index (χ0n) is 18.3. The quantitative estimate of drug-likeness (QED) is 0.581. The summed E-state index contributed by atoms with van der Waals surface area (Å²) in [6.07, 6.45) is 13.4. The van der Waals surface area contributed by atoms with E-state index in [-0.39, 0.29) is 0 Å². The van der Waals surface area contributed by atoms with Crippen LogP contribution in [0.25, 0.3) is 0 Å². The summed E-state index contributed by atoms with van der Waals surface area (Å²) < 4.78 is 8.31. The van der Waals surface area contributed by atoms with Crippen molar-refractivity contribution in [1.29, 1.82) is 0 Å². The van der Waals surface area contributed by atoms with E-state index in [0.717, 1.165) is 44.2 Å². The van der Waals surface area contributed by atoms with E-state index in [4.69, 9.17) is 4.74 Å². The van der Waals surface area contributed by atoms with Crippen molar-refractivity contribution in [3.8, 4) is 5.75 Å². The van der Waals surface area contributed by atoms with E-state index < -0.39 is 0 Å². The highest BCUT2D eigenvalue weighted by Gasteiger charge is 2.28. The van der Waals surface area contributed by atoms with Crippen molar-refractivity contribution in [1.82, 2.24) is 19.8 Å². The predicted octanol–water partition coefficient (Wildman–Crippen LogP) is 3.91. The van der Waals surface area contributed by atoms with Gasteiger partial charge >= 0.3 is 0 Å². The largest absolute Gasteiger partial charge is 0.490 e. The molecule has 2 atom stereocenters. The third-order valence-electron chi connectivity index (χ3n) is 6.56. The predicted molar refractivity (Wildman–Crippen MR) is 121 cm³/mol. The number of hydrogen-bond acceptors (Lipinski definition) is 3. The van der Waals surface area contributed by atoms with Gasteiger partial charge < -0.3 is 19.5 Å². The van der Waals surface area contributed by atoms with E-state index >= 15 is 0 Å². The van der Waals surface area contributed by atoms with Crippen LogP contribution in [0.5, 0.6) is 5.75 Å². The van der Waals surface area contributed by atoms with E-state index in [1.807, 2.05) is 19.6 Å². The average Bonchev–Trinajstić information content (AvgIpc) is 3.47. The second kappa shape index (κ2) is 10.0. The molecule has 1 saturated heterocycles. The molecule has 2 unspecified atom stereocenters. The summed E-state index contributed by atoms with van der Waals surface area (Å²) in [5.74, 6) is 2.63. The van der Waals surface area contributed by atoms with Gasteiger partial charge in [-0.15, -0.1) is 0 Å². The van der Waals surface area contributed by atoms with Crippen molar-refractivity contribution >= 4 is 5.96 Å². The third kappa shape index (κ3) is 5.15. The molecule has 0 spiro atoms. The Bertz CT molecular complexity index is 796. The summed E-state index contributed by atoms with van der Waals surface area (Å²) in [6, 6.07) is 9.04. The smallest absolute Gasteiger partial charge is 0.193 e. The minimum atomic E-state index is 0.416. The van der Waals surface area contributed by atoms with Crippen molar-refractivity contribution in [3.63, 3.8) is 0 Å². The number of ether oxygens (including phenoxy) is 1. The molecular weight excluding hydrogens is 374 g/mol. The molecule has 1 aliphatic heterocycles. The summed E-state index contributed by atoms with van der Waals surface area (Å²) >= 11 is 0. The van der Waals surface area contributed by atoms with Crippen LogP contribution in [-0.4, -0.2) is 53.2 Å². The molecule has 1 saturated carbocycles. The Balaban J connectivity index is 1.26. The minimum absolute atomic E-state index is 0.416. The van der Waals surface area contributed by atoms with Gasteiger partial charge in [-0.05, 0) is 62.1 Å². The molecule has 1 aliphatic carbocycles. The maximum Gasteiger partial charge on any atom is 0.193 e. The van der Waals surface area contributed by atoms with Crippen LogP contribution in [0.1, 0.15) is 50.6 Å². The summed E-state index contributed by atoms with van der Waals surface area (Å²) in [5, 5.41) is 3.56. The molecule has 30 heavy (non-hydrogen) atoms. The monoisotopic (exact) mass is 409 g/mol. The molecular formula is C24H35N5O. The molecule has 6 nitrogen and oxygen atoms in total. The standard InChI is InChI=1S/C24H35N5O/c1-19-12-15-28(17-23(19)29-16-14-26-18-29)24(25-2)27-13-11-20-7-9-22(10-8-20)30-21-5-3-4-6-21/h7-10,14,16,18-19,21,23H,3-6,11-13,15,17H2,1-2H3,(H,25,27). The van der Waals surface area contributed by atoms with Crippen LogP contribution >= 0.6 is 0 Å². The number of nitrogens with one attached hydrogen (secondary N) is 1. The van der Waals surface area contributed by atoms with Gasteiger partial charge in [-0.1, -0.05) is 19.1 Å². The molecule has 6 heteroatoms. The van der Waals surface area contributed by atoms with Crippen molar-refractivity contribution in [3.05, 3.63) is 48.5 Å². The summed E-state index contributed by atoms with van der Waals surface area (Å²) in [5.41, 5.74) is 1.32. The van der Waals surface area contributed by atoms with Crippen LogP contribution in [0.15, 0.2) is 48.0 Å². The highest BCUT2D eigenvalue weighted by molar-refractivity contribution is 5.80. The molecule has 0 amide bonds. The van der Waals surface area contributed by atoms with Crippen molar-refractivity contribution < 1.29 is 4.74 Å². The molecule has 162 valence electrons. The van der Waals surface area contributed by atoms with Crippen LogP contribution in [0, 0.1) is 5.92 Å². The number of aliphatic imine (C=N–C) groups is 1. The Morgan fingerprint density at radius 3 is 2.70 bits per heavy atom. The maximum atomic E-state index is 6.07. The number of aromatic nitrogens is 2. The lowest BCUT2D eigenvalue weighted by molar-refractivity contribution is 0.189. The third-order valence-corrected chi connectivity index (χ3v) is 6.56. The van der Waals surface area contributed by atoms with Gasteiger partial charge in [0.2, 0.25) is 0 Å². The van der Waals surface area contributed by atoms with Gasteiger partial charge in [0.15, 0.2) is 5.96 Å². The van der Waals surface area contributed by atoms with E-state index in [9.17, 15) is 0 Å². The fraction of sp³-hybridized carbons (Fsp3) is 0.583. The lowest BCUT2D eigenvalue weighted by Gasteiger charge is -2.39. The molecule has 1 N–H and O–H groups in total. The first kappa shape index (κ1) is 20.8. The molecule has 0 bridgehead atoms. The fourth-order valence-corrected chi connectivity index (χ4v) is 4.68. The van der Waals surface area contributed by atoms with Gasteiger partial charge in [0.05, 0.1) is 18.5 Å². The number of hydrogen-bond donors (Lipinski definition) is 1. The van der Waals surface area contributed by atoms with E-state index in [2.05, 4.69) is 62.1 Å². The summed E-state index contributed by atoms with van der Waals surface area (Å²) in [7, 11) is 1.88. The first-order valence-electron chi connectivity index (χ1n) is 11.4. The number of rotatable bonds is 6. The van der Waals surface area contributed by atoms with Crippen LogP contribution in [0.2, 0.25) is 0 Å². The SMILES string of the molecule is CN=C(NCCc1ccc(OC2CCCC2)cc1)N1CCC(C)C(n2ccnc2)C1. The number of imidazole rings is 1. The highest BCUT2D eigenvalue weighted by atomic mass is 16.5. The zero-order chi connectivity index (χ0) is 20.8. The first-order chi connectivity index (χ1) is 14.7. The van der Waals surface area contributed by atoms with Crippen LogP contribution in [-0.2, 0) is 6.42 Å². The number of piperidine rings is 1. The van der Waals surface area contributed by atoms with Crippen LogP contribution in [0.4, 0.5) is 0 Å². The molecule has 1 aromatic heterocycles. The van der Waals surface area contributed by atoms with Gasteiger partial charge in [-0.25, -0.2) is 4.98 Å². The lowest BCUT2D eigenvalue weighted by atomic mass is 9.93. The average molecular weight is 410 g/mol. The zero-order valence-corrected chi connectivity index (χ0v) is 18.3. The Hall–Kier alpha value is -2.50. The normalized spacial score (nSPS) is 23.0. The Labute approximate surface area is 180 Å². The van der Waals surface area contributed by atoms with Crippen LogP contribution < -0.4 is 10.1 Å². The van der Waals surface area contributed by atoms with Crippen LogP contribution in [0.3, 0.4) is 0 Å². The van der Waals surface area contributed by atoms with Gasteiger partial charge in [0, 0.05) is 39.1 Å². The van der Waals surface area contributed by atoms with Gasteiger partial charge in [-0.3, -0.25) is 4.99 Å². The second-order valence-electron chi connectivity index (χ2n) is 8.68. The van der Waals surface area contributed by atoms with Crippen molar-refractivity contribution in [2.24, 2.45) is 10.9 Å². The minimum Gasteiger partial charge on any atom is -0.490 e. The number of guanidine groups is 1. The molecule has 2 fully saturated rings. The Kier molecular flexibility index (Phi) is 6.92. The molecule has 2 aliphatic rings. The maximum absolute atomic E-state index is 6.07. The second-order valence-corrected chi connectivity index (χ2v) is 8.68. The fourth-order valence-electron chi connectivity index (χ4n) is 4.68. The van der Waals surface area contributed by atoms with Gasteiger partial charge in [-0.2, -0.15) is 0 Å². The molecule has 0 radical (unpaired) electrons. The molecule has 4 rings (SSSR count). The van der Waals surface area contributed by atoms with Gasteiger partial charge in [0.1, 0.15) is 5.75 Å². The van der Waals surface area contributed by atoms with Crippen molar-refractivity contribution in [2.75, 3.05) is 26.7 Å². The number of nitrogens with zero attached hydrogens (tertiary/aromatic N) is 4. The van der Waals surface area contributed by atoms with Crippen molar-refractivity contribution in [2.45, 2.75) is 57.6 Å². The Morgan fingerprint density at radius 2 is 2.00 bits per heavy atom. The highest BCUT2D eigenvalue weighted by Crippen LogP contribution is 2.27. The summed E-state index contributed by atoms with van der Waals surface area (Å²) in [6.45, 7) is 5.21. The van der Waals surface area contributed by atoms with Gasteiger partial charge in [0.25, 0.3) is 0 Å². The number of likely N-dealkylation sites (tertiary alicyclic amines) is 1. The topological polar surface area (TPSA) is 54.7 Å². The molecule has 1 aromatic carbocycles. The molecule has 2 heterocycles. The first-order valence-corrected chi connectivity index (χ1v) is 11.4. The number of benzene rings is 1.